The summed E-state index contributed by atoms with van der Waals surface area (Å²) in [5.74, 6) is -0.0290. The summed E-state index contributed by atoms with van der Waals surface area (Å²) in [6.07, 6.45) is 2.19. The van der Waals surface area contributed by atoms with E-state index in [-0.39, 0.29) is 11.8 Å². The predicted molar refractivity (Wildman–Crippen MR) is 69.8 cm³/mol. The van der Waals surface area contributed by atoms with Crippen LogP contribution in [0.15, 0.2) is 24.3 Å². The maximum atomic E-state index is 12.2. The maximum absolute atomic E-state index is 12.2. The minimum atomic E-state index is -0.744. The topological polar surface area (TPSA) is 52.9 Å². The number of amides is 1. The molecule has 18 heavy (non-hydrogen) atoms. The van der Waals surface area contributed by atoms with Crippen molar-refractivity contribution < 1.29 is 4.79 Å². The molecule has 0 saturated carbocycles. The number of nitriles is 1. The maximum Gasteiger partial charge on any atom is 0.225 e. The highest BCUT2D eigenvalue weighted by Gasteiger charge is 2.31. The van der Waals surface area contributed by atoms with Gasteiger partial charge in [0.05, 0.1) is 6.07 Å². The quantitative estimate of drug-likeness (QED) is 0.883. The van der Waals surface area contributed by atoms with Crippen LogP contribution in [-0.4, -0.2) is 11.4 Å². The van der Waals surface area contributed by atoms with Crippen LogP contribution in [0.25, 0.3) is 0 Å². The van der Waals surface area contributed by atoms with Gasteiger partial charge in [-0.25, -0.2) is 0 Å². The van der Waals surface area contributed by atoms with Crippen molar-refractivity contribution in [1.82, 2.24) is 5.32 Å². The summed E-state index contributed by atoms with van der Waals surface area (Å²) in [6, 6.07) is 10.3. The van der Waals surface area contributed by atoms with Crippen LogP contribution in [0.4, 0.5) is 0 Å². The first-order chi connectivity index (χ1) is 8.58. The molecule has 3 nitrogen and oxygen atoms in total. The zero-order chi connectivity index (χ0) is 13.2. The average molecular weight is 242 g/mol. The van der Waals surface area contributed by atoms with E-state index in [1.807, 2.05) is 19.1 Å². The van der Waals surface area contributed by atoms with Crippen LogP contribution in [0.2, 0.25) is 0 Å². The van der Waals surface area contributed by atoms with Gasteiger partial charge in [0.2, 0.25) is 5.91 Å². The van der Waals surface area contributed by atoms with E-state index >= 15 is 0 Å². The van der Waals surface area contributed by atoms with Gasteiger partial charge in [-0.05, 0) is 37.3 Å². The molecule has 0 heterocycles. The summed E-state index contributed by atoms with van der Waals surface area (Å²) in [7, 11) is 0. The Hall–Kier alpha value is -1.82. The number of fused-ring (bicyclic) bond motifs is 1. The number of nitrogens with zero attached hydrogens (tertiary/aromatic N) is 1. The summed E-state index contributed by atoms with van der Waals surface area (Å²) in [5.41, 5.74) is 1.77. The van der Waals surface area contributed by atoms with Crippen molar-refractivity contribution in [1.29, 1.82) is 5.26 Å². The van der Waals surface area contributed by atoms with Gasteiger partial charge >= 0.3 is 0 Å². The van der Waals surface area contributed by atoms with E-state index in [4.69, 9.17) is 5.26 Å². The van der Waals surface area contributed by atoms with Crippen molar-refractivity contribution >= 4 is 5.91 Å². The lowest BCUT2D eigenvalue weighted by Gasteiger charge is -2.23. The van der Waals surface area contributed by atoms with Gasteiger partial charge in [-0.2, -0.15) is 5.26 Å². The number of nitrogens with one attached hydrogen (secondary N) is 1. The van der Waals surface area contributed by atoms with Gasteiger partial charge in [0.1, 0.15) is 5.54 Å². The third kappa shape index (κ3) is 2.38. The fourth-order valence-electron chi connectivity index (χ4n) is 2.31. The fourth-order valence-corrected chi connectivity index (χ4v) is 2.31. The Kier molecular flexibility index (Phi) is 3.38. The predicted octanol–water partition coefficient (Wildman–Crippen LogP) is 2.21. The average Bonchev–Trinajstić information content (AvgIpc) is 2.82. The van der Waals surface area contributed by atoms with E-state index < -0.39 is 5.54 Å². The molecule has 3 heteroatoms. The molecule has 0 bridgehead atoms. The summed E-state index contributed by atoms with van der Waals surface area (Å²) >= 11 is 0. The molecular weight excluding hydrogens is 224 g/mol. The minimum absolute atomic E-state index is 0.00269. The Bertz CT molecular complexity index is 478. The fraction of sp³-hybridized carbons (Fsp3) is 0.467. The van der Waals surface area contributed by atoms with Gasteiger partial charge in [-0.3, -0.25) is 4.79 Å². The Morgan fingerprint density at radius 1 is 1.44 bits per heavy atom. The summed E-state index contributed by atoms with van der Waals surface area (Å²) in [4.78, 5) is 12.2. The summed E-state index contributed by atoms with van der Waals surface area (Å²) < 4.78 is 0. The number of rotatable bonds is 3. The minimum Gasteiger partial charge on any atom is -0.338 e. The van der Waals surface area contributed by atoms with E-state index in [0.717, 1.165) is 12.8 Å². The Balaban J connectivity index is 2.04. The molecule has 0 spiro atoms. The van der Waals surface area contributed by atoms with Crippen LogP contribution < -0.4 is 5.32 Å². The van der Waals surface area contributed by atoms with Gasteiger partial charge < -0.3 is 5.32 Å². The summed E-state index contributed by atoms with van der Waals surface area (Å²) in [5, 5.41) is 12.0. The van der Waals surface area contributed by atoms with Crippen molar-refractivity contribution in [2.24, 2.45) is 5.92 Å². The van der Waals surface area contributed by atoms with E-state index in [2.05, 4.69) is 23.5 Å². The van der Waals surface area contributed by atoms with Gasteiger partial charge in [-0.15, -0.1) is 0 Å². The van der Waals surface area contributed by atoms with Crippen LogP contribution >= 0.6 is 0 Å². The highest BCUT2D eigenvalue weighted by molar-refractivity contribution is 5.81. The first-order valence-corrected chi connectivity index (χ1v) is 6.38. The molecule has 1 aliphatic rings. The molecule has 1 N–H and O–H groups in total. The number of hydrogen-bond donors (Lipinski definition) is 1. The molecule has 0 radical (unpaired) electrons. The van der Waals surface area contributed by atoms with Gasteiger partial charge in [-0.1, -0.05) is 31.2 Å². The van der Waals surface area contributed by atoms with Crippen LogP contribution in [0.3, 0.4) is 0 Å². The van der Waals surface area contributed by atoms with Crippen LogP contribution in [0.1, 0.15) is 31.4 Å². The molecule has 2 rings (SSSR count). The van der Waals surface area contributed by atoms with E-state index in [1.54, 1.807) is 6.92 Å². The molecule has 0 aliphatic heterocycles. The second-order valence-electron chi connectivity index (χ2n) is 5.16. The second-order valence-corrected chi connectivity index (χ2v) is 5.16. The summed E-state index contributed by atoms with van der Waals surface area (Å²) in [6.45, 7) is 3.68. The third-order valence-electron chi connectivity index (χ3n) is 3.77. The van der Waals surface area contributed by atoms with Crippen molar-refractivity contribution in [3.8, 4) is 6.07 Å². The molecule has 94 valence electrons. The zero-order valence-electron chi connectivity index (χ0n) is 10.9. The van der Waals surface area contributed by atoms with Crippen molar-refractivity contribution in [3.63, 3.8) is 0 Å². The molecule has 1 aromatic rings. The lowest BCUT2D eigenvalue weighted by atomic mass is 9.98. The lowest BCUT2D eigenvalue weighted by molar-refractivity contribution is -0.126. The van der Waals surface area contributed by atoms with Crippen LogP contribution in [-0.2, 0) is 17.6 Å². The first kappa shape index (κ1) is 12.6. The lowest BCUT2D eigenvalue weighted by Crippen LogP contribution is -2.47. The number of carbonyl (C=O) groups excluding carboxylic acids is 1. The molecule has 0 saturated heterocycles. The highest BCUT2D eigenvalue weighted by Crippen LogP contribution is 2.27. The zero-order valence-corrected chi connectivity index (χ0v) is 10.9. The Morgan fingerprint density at radius 3 is 2.44 bits per heavy atom. The SMILES string of the molecule is CCC(C)(C#N)NC(=O)C1Cc2ccccc2C1. The van der Waals surface area contributed by atoms with Crippen molar-refractivity contribution in [3.05, 3.63) is 35.4 Å². The van der Waals surface area contributed by atoms with Gasteiger partial charge in [0.25, 0.3) is 0 Å². The Labute approximate surface area is 108 Å². The first-order valence-electron chi connectivity index (χ1n) is 6.38. The second kappa shape index (κ2) is 4.81. The molecule has 1 unspecified atom stereocenters. The van der Waals surface area contributed by atoms with Crippen LogP contribution in [0, 0.1) is 17.2 Å². The molecule has 1 atom stereocenters. The molecular formula is C15H18N2O. The smallest absolute Gasteiger partial charge is 0.225 e. The van der Waals surface area contributed by atoms with Crippen molar-refractivity contribution in [2.75, 3.05) is 0 Å². The normalized spacial score (nSPS) is 17.6. The largest absolute Gasteiger partial charge is 0.338 e. The highest BCUT2D eigenvalue weighted by atomic mass is 16.2. The molecule has 0 aromatic heterocycles. The number of benzene rings is 1. The molecule has 1 aliphatic carbocycles. The van der Waals surface area contributed by atoms with Gasteiger partial charge in [0.15, 0.2) is 0 Å². The Morgan fingerprint density at radius 2 is 2.00 bits per heavy atom. The monoisotopic (exact) mass is 242 g/mol. The molecule has 0 fully saturated rings. The van der Waals surface area contributed by atoms with Gasteiger partial charge in [0, 0.05) is 5.92 Å². The third-order valence-corrected chi connectivity index (χ3v) is 3.77. The van der Waals surface area contributed by atoms with E-state index in [1.165, 1.54) is 11.1 Å². The number of carbonyl (C=O) groups is 1. The standard InChI is InChI=1S/C15H18N2O/c1-3-15(2,10-16)17-14(18)13-8-11-6-4-5-7-12(11)9-13/h4-7,13H,3,8-9H2,1-2H3,(H,17,18). The number of hydrogen-bond acceptors (Lipinski definition) is 2. The van der Waals surface area contributed by atoms with E-state index in [9.17, 15) is 4.79 Å². The van der Waals surface area contributed by atoms with Crippen molar-refractivity contribution in [2.45, 2.75) is 38.6 Å². The van der Waals surface area contributed by atoms with Crippen LogP contribution in [0.5, 0.6) is 0 Å². The molecule has 1 aromatic carbocycles. The molecule has 1 amide bonds. The van der Waals surface area contributed by atoms with E-state index in [0.29, 0.717) is 6.42 Å².